The maximum atomic E-state index is 13.1. The van der Waals surface area contributed by atoms with E-state index in [1.165, 1.54) is 5.56 Å². The molecule has 182 valence electrons. The van der Waals surface area contributed by atoms with Crippen molar-refractivity contribution in [3.8, 4) is 11.4 Å². The summed E-state index contributed by atoms with van der Waals surface area (Å²) in [5.41, 5.74) is 5.78. The van der Waals surface area contributed by atoms with Gasteiger partial charge in [0.15, 0.2) is 0 Å². The van der Waals surface area contributed by atoms with Crippen molar-refractivity contribution < 1.29 is 14.7 Å². The lowest BCUT2D eigenvalue weighted by Gasteiger charge is -2.33. The molecular formula is C26H30N6O3. The standard InChI is InChI=1S/C25H28N6O.CH2O2/c1-18-20(7-4-10-26-18)17-30-12-5-6-19(16-30)15-27-25(32)21-14-24(22-9-11-28-29-22)31-13-3-2-8-23(21)31;2-1-3/h2-4,7-11,13-14,19H,5-6,12,15-17H2,1H3,(H,27,32)(H,28,29);1H,(H,2,3)/t19-;/m0./s1. The van der Waals surface area contributed by atoms with Gasteiger partial charge in [0, 0.05) is 43.9 Å². The van der Waals surface area contributed by atoms with Crippen molar-refractivity contribution in [3.05, 3.63) is 77.9 Å². The van der Waals surface area contributed by atoms with Gasteiger partial charge in [-0.05, 0) is 68.1 Å². The molecule has 1 fully saturated rings. The Hall–Kier alpha value is -3.98. The molecule has 0 aliphatic carbocycles. The van der Waals surface area contributed by atoms with E-state index in [2.05, 4.69) is 38.4 Å². The number of aromatic amines is 1. The highest BCUT2D eigenvalue weighted by Gasteiger charge is 2.22. The number of aryl methyl sites for hydroxylation is 1. The minimum absolute atomic E-state index is 0.0281. The highest BCUT2D eigenvalue weighted by Crippen LogP contribution is 2.25. The molecule has 0 bridgehead atoms. The molecule has 1 aliphatic rings. The number of nitrogens with zero attached hydrogens (tertiary/aromatic N) is 4. The molecule has 4 aromatic heterocycles. The molecule has 3 N–H and O–H groups in total. The van der Waals surface area contributed by atoms with Crippen LogP contribution in [-0.2, 0) is 11.3 Å². The number of hydrogen-bond acceptors (Lipinski definition) is 5. The van der Waals surface area contributed by atoms with Crippen LogP contribution in [-0.4, -0.2) is 61.6 Å². The molecule has 4 aromatic rings. The van der Waals surface area contributed by atoms with Crippen LogP contribution < -0.4 is 5.32 Å². The first-order chi connectivity index (χ1) is 17.1. The maximum absolute atomic E-state index is 13.1. The average Bonchev–Trinajstić information content (AvgIpc) is 3.53. The van der Waals surface area contributed by atoms with E-state index in [4.69, 9.17) is 9.90 Å². The third-order valence-corrected chi connectivity index (χ3v) is 6.36. The van der Waals surface area contributed by atoms with Gasteiger partial charge in [0.2, 0.25) is 0 Å². The second kappa shape index (κ2) is 11.4. The molecule has 1 atom stereocenters. The van der Waals surface area contributed by atoms with E-state index in [-0.39, 0.29) is 12.4 Å². The molecule has 5 heterocycles. The minimum Gasteiger partial charge on any atom is -0.483 e. The Morgan fingerprint density at radius 3 is 2.89 bits per heavy atom. The largest absolute Gasteiger partial charge is 0.483 e. The van der Waals surface area contributed by atoms with Crippen molar-refractivity contribution in [1.82, 2.24) is 29.8 Å². The molecular weight excluding hydrogens is 444 g/mol. The van der Waals surface area contributed by atoms with Crippen molar-refractivity contribution in [2.45, 2.75) is 26.3 Å². The third-order valence-electron chi connectivity index (χ3n) is 6.36. The zero-order valence-electron chi connectivity index (χ0n) is 19.7. The van der Waals surface area contributed by atoms with Crippen molar-refractivity contribution in [2.24, 2.45) is 5.92 Å². The lowest BCUT2D eigenvalue weighted by atomic mass is 9.97. The number of carboxylic acid groups (broad SMARTS) is 1. The number of rotatable bonds is 6. The fourth-order valence-electron chi connectivity index (χ4n) is 4.66. The number of H-pyrrole nitrogens is 1. The van der Waals surface area contributed by atoms with Crippen LogP contribution in [0.3, 0.4) is 0 Å². The van der Waals surface area contributed by atoms with Crippen molar-refractivity contribution in [1.29, 1.82) is 0 Å². The molecule has 9 nitrogen and oxygen atoms in total. The SMILES string of the molecule is Cc1ncccc1CN1CCC[C@@H](CNC(=O)c2cc(-c3ccn[nH]3)n3ccccc23)C1.O=CO. The van der Waals surface area contributed by atoms with E-state index in [9.17, 15) is 4.79 Å². The number of aromatic nitrogens is 4. The van der Waals surface area contributed by atoms with Gasteiger partial charge in [-0.3, -0.25) is 24.6 Å². The summed E-state index contributed by atoms with van der Waals surface area (Å²) in [7, 11) is 0. The molecule has 0 aromatic carbocycles. The van der Waals surface area contributed by atoms with Gasteiger partial charge >= 0.3 is 0 Å². The summed E-state index contributed by atoms with van der Waals surface area (Å²) in [5.74, 6) is 0.422. The second-order valence-electron chi connectivity index (χ2n) is 8.68. The quantitative estimate of drug-likeness (QED) is 0.369. The molecule has 5 rings (SSSR count). The van der Waals surface area contributed by atoms with E-state index in [0.29, 0.717) is 18.0 Å². The lowest BCUT2D eigenvalue weighted by molar-refractivity contribution is -0.122. The predicted molar refractivity (Wildman–Crippen MR) is 133 cm³/mol. The van der Waals surface area contributed by atoms with Crippen molar-refractivity contribution in [3.63, 3.8) is 0 Å². The van der Waals surface area contributed by atoms with Gasteiger partial charge < -0.3 is 14.8 Å². The Morgan fingerprint density at radius 1 is 1.26 bits per heavy atom. The van der Waals surface area contributed by atoms with Gasteiger partial charge in [-0.25, -0.2) is 0 Å². The number of piperidine rings is 1. The molecule has 0 radical (unpaired) electrons. The smallest absolute Gasteiger partial charge is 0.290 e. The number of likely N-dealkylation sites (tertiary alicyclic amines) is 1. The Balaban J connectivity index is 0.000000917. The van der Waals surface area contributed by atoms with Crippen molar-refractivity contribution in [2.75, 3.05) is 19.6 Å². The number of amides is 1. The molecule has 35 heavy (non-hydrogen) atoms. The van der Waals surface area contributed by atoms with Gasteiger partial charge in [-0.2, -0.15) is 5.10 Å². The Kier molecular flexibility index (Phi) is 7.89. The summed E-state index contributed by atoms with van der Waals surface area (Å²) < 4.78 is 2.03. The van der Waals surface area contributed by atoms with Crippen LogP contribution >= 0.6 is 0 Å². The summed E-state index contributed by atoms with van der Waals surface area (Å²) >= 11 is 0. The monoisotopic (exact) mass is 474 g/mol. The summed E-state index contributed by atoms with van der Waals surface area (Å²) in [6, 6.07) is 13.9. The number of pyridine rings is 2. The van der Waals surface area contributed by atoms with Crippen molar-refractivity contribution >= 4 is 17.9 Å². The minimum atomic E-state index is -0.250. The van der Waals surface area contributed by atoms with E-state index in [1.807, 2.05) is 53.2 Å². The van der Waals surface area contributed by atoms with Crippen LogP contribution in [0.5, 0.6) is 0 Å². The molecule has 0 saturated carbocycles. The first-order valence-corrected chi connectivity index (χ1v) is 11.7. The molecule has 0 spiro atoms. The number of carbonyl (C=O) groups excluding carboxylic acids is 1. The average molecular weight is 475 g/mol. The highest BCUT2D eigenvalue weighted by molar-refractivity contribution is 6.02. The fourth-order valence-corrected chi connectivity index (χ4v) is 4.66. The Morgan fingerprint density at radius 2 is 2.11 bits per heavy atom. The van der Waals surface area contributed by atoms with E-state index in [0.717, 1.165) is 55.1 Å². The lowest BCUT2D eigenvalue weighted by Crippen LogP contribution is -2.40. The highest BCUT2D eigenvalue weighted by atomic mass is 16.3. The first-order valence-electron chi connectivity index (χ1n) is 11.7. The van der Waals surface area contributed by atoms with Crippen LogP contribution in [0, 0.1) is 12.8 Å². The molecule has 1 aliphatic heterocycles. The zero-order chi connectivity index (χ0) is 24.6. The van der Waals surface area contributed by atoms with E-state index < -0.39 is 0 Å². The van der Waals surface area contributed by atoms with E-state index >= 15 is 0 Å². The van der Waals surface area contributed by atoms with Gasteiger partial charge in [-0.15, -0.1) is 0 Å². The van der Waals surface area contributed by atoms with Crippen LogP contribution in [0.1, 0.15) is 34.5 Å². The molecule has 0 unspecified atom stereocenters. The first kappa shape index (κ1) is 24.2. The second-order valence-corrected chi connectivity index (χ2v) is 8.68. The predicted octanol–water partition coefficient (Wildman–Crippen LogP) is 3.38. The maximum Gasteiger partial charge on any atom is 0.290 e. The number of hydrogen-bond donors (Lipinski definition) is 3. The number of fused-ring (bicyclic) bond motifs is 1. The number of nitrogens with one attached hydrogen (secondary N) is 2. The summed E-state index contributed by atoms with van der Waals surface area (Å²) in [5, 5.41) is 17.1. The normalized spacial score (nSPS) is 15.9. The van der Waals surface area contributed by atoms with Gasteiger partial charge in [0.1, 0.15) is 0 Å². The van der Waals surface area contributed by atoms with Gasteiger partial charge in [-0.1, -0.05) is 12.1 Å². The fraction of sp³-hybridized carbons (Fsp3) is 0.308. The molecule has 1 saturated heterocycles. The zero-order valence-corrected chi connectivity index (χ0v) is 19.7. The van der Waals surface area contributed by atoms with Gasteiger partial charge in [0.05, 0.1) is 22.5 Å². The molecule has 9 heteroatoms. The summed E-state index contributed by atoms with van der Waals surface area (Å²) in [4.78, 5) is 28.4. The Labute approximate surface area is 203 Å². The molecule has 1 amide bonds. The van der Waals surface area contributed by atoms with Crippen LogP contribution in [0.2, 0.25) is 0 Å². The van der Waals surface area contributed by atoms with Crippen LogP contribution in [0.4, 0.5) is 0 Å². The topological polar surface area (TPSA) is 116 Å². The van der Waals surface area contributed by atoms with Crippen LogP contribution in [0.15, 0.2) is 61.1 Å². The summed E-state index contributed by atoms with van der Waals surface area (Å²) in [6.07, 6.45) is 7.83. The summed E-state index contributed by atoms with van der Waals surface area (Å²) in [6.45, 7) is 5.50. The third kappa shape index (κ3) is 5.75. The van der Waals surface area contributed by atoms with Crippen LogP contribution in [0.25, 0.3) is 16.9 Å². The van der Waals surface area contributed by atoms with Gasteiger partial charge in [0.25, 0.3) is 12.4 Å². The van der Waals surface area contributed by atoms with E-state index in [1.54, 1.807) is 6.20 Å². The number of carbonyl (C=O) groups is 2. The Bertz CT molecular complexity index is 1270.